The molecular weight excluding hydrogens is 352 g/mol. The molecule has 1 N–H and O–H groups in total. The SMILES string of the molecule is Cl.O=C(c1cn(Cc2ccccc2)nn1)N1CCC(N2CCNCC2)C1. The average molecular weight is 377 g/mol. The van der Waals surface area contributed by atoms with Gasteiger partial charge in [-0.05, 0) is 12.0 Å². The van der Waals surface area contributed by atoms with Crippen molar-refractivity contribution in [1.82, 2.24) is 30.1 Å². The molecule has 0 bridgehead atoms. The van der Waals surface area contributed by atoms with Gasteiger partial charge >= 0.3 is 0 Å². The molecular formula is C18H25ClN6O. The van der Waals surface area contributed by atoms with Crippen molar-refractivity contribution >= 4 is 18.3 Å². The van der Waals surface area contributed by atoms with Crippen LogP contribution < -0.4 is 5.32 Å². The summed E-state index contributed by atoms with van der Waals surface area (Å²) in [5.41, 5.74) is 1.59. The van der Waals surface area contributed by atoms with E-state index in [1.807, 2.05) is 35.2 Å². The van der Waals surface area contributed by atoms with Crippen molar-refractivity contribution in [2.24, 2.45) is 0 Å². The Morgan fingerprint density at radius 1 is 1.15 bits per heavy atom. The molecule has 1 aromatic heterocycles. The lowest BCUT2D eigenvalue weighted by molar-refractivity contribution is 0.0767. The average Bonchev–Trinajstić information content (AvgIpc) is 3.33. The molecule has 4 rings (SSSR count). The van der Waals surface area contributed by atoms with E-state index in [9.17, 15) is 4.79 Å². The van der Waals surface area contributed by atoms with Gasteiger partial charge in [0.25, 0.3) is 5.91 Å². The van der Waals surface area contributed by atoms with Crippen molar-refractivity contribution in [2.75, 3.05) is 39.3 Å². The Kier molecular flexibility index (Phi) is 6.24. The minimum atomic E-state index is -0.00283. The van der Waals surface area contributed by atoms with Crippen LogP contribution in [0.3, 0.4) is 0 Å². The van der Waals surface area contributed by atoms with Crippen molar-refractivity contribution in [3.8, 4) is 0 Å². The summed E-state index contributed by atoms with van der Waals surface area (Å²) in [5.74, 6) is -0.00283. The number of carbonyl (C=O) groups is 1. The zero-order valence-corrected chi connectivity index (χ0v) is 15.6. The maximum absolute atomic E-state index is 12.7. The second-order valence-electron chi connectivity index (χ2n) is 6.77. The predicted octanol–water partition coefficient (Wildman–Crippen LogP) is 0.868. The first-order valence-corrected chi connectivity index (χ1v) is 8.98. The van der Waals surface area contributed by atoms with Crippen LogP contribution in [0.1, 0.15) is 22.5 Å². The second-order valence-corrected chi connectivity index (χ2v) is 6.77. The number of aromatic nitrogens is 3. The zero-order valence-electron chi connectivity index (χ0n) is 14.8. The van der Waals surface area contributed by atoms with Crippen molar-refractivity contribution < 1.29 is 4.79 Å². The number of piperazine rings is 1. The summed E-state index contributed by atoms with van der Waals surface area (Å²) < 4.78 is 1.73. The Morgan fingerprint density at radius 2 is 1.92 bits per heavy atom. The summed E-state index contributed by atoms with van der Waals surface area (Å²) in [5, 5.41) is 11.6. The lowest BCUT2D eigenvalue weighted by Gasteiger charge is -2.32. The van der Waals surface area contributed by atoms with E-state index in [-0.39, 0.29) is 18.3 Å². The molecule has 1 aromatic carbocycles. The Morgan fingerprint density at radius 3 is 2.69 bits per heavy atom. The van der Waals surface area contributed by atoms with Gasteiger partial charge in [-0.3, -0.25) is 9.69 Å². The van der Waals surface area contributed by atoms with E-state index in [2.05, 4.69) is 20.5 Å². The van der Waals surface area contributed by atoms with Crippen LogP contribution in [0.15, 0.2) is 36.5 Å². The third-order valence-corrected chi connectivity index (χ3v) is 5.06. The van der Waals surface area contributed by atoms with E-state index in [0.717, 1.165) is 51.3 Å². The lowest BCUT2D eigenvalue weighted by Crippen LogP contribution is -2.49. The molecule has 1 unspecified atom stereocenters. The molecule has 1 amide bonds. The van der Waals surface area contributed by atoms with Crippen molar-refractivity contribution in [1.29, 1.82) is 0 Å². The molecule has 2 aliphatic heterocycles. The van der Waals surface area contributed by atoms with E-state index in [4.69, 9.17) is 0 Å². The molecule has 0 saturated carbocycles. The molecule has 140 valence electrons. The van der Waals surface area contributed by atoms with Crippen LogP contribution in [0.5, 0.6) is 0 Å². The van der Waals surface area contributed by atoms with Gasteiger partial charge in [-0.15, -0.1) is 17.5 Å². The number of carbonyl (C=O) groups excluding carboxylic acids is 1. The number of rotatable bonds is 4. The van der Waals surface area contributed by atoms with Gasteiger partial charge in [0.05, 0.1) is 12.7 Å². The van der Waals surface area contributed by atoms with Gasteiger partial charge < -0.3 is 10.2 Å². The van der Waals surface area contributed by atoms with Crippen molar-refractivity contribution in [2.45, 2.75) is 19.0 Å². The fraction of sp³-hybridized carbons (Fsp3) is 0.500. The minimum Gasteiger partial charge on any atom is -0.336 e. The summed E-state index contributed by atoms with van der Waals surface area (Å²) in [6.07, 6.45) is 2.80. The first kappa shape index (κ1) is 18.8. The highest BCUT2D eigenvalue weighted by atomic mass is 35.5. The molecule has 7 nitrogen and oxygen atoms in total. The predicted molar refractivity (Wildman–Crippen MR) is 102 cm³/mol. The van der Waals surface area contributed by atoms with E-state index < -0.39 is 0 Å². The summed E-state index contributed by atoms with van der Waals surface area (Å²) >= 11 is 0. The quantitative estimate of drug-likeness (QED) is 0.857. The molecule has 0 aliphatic carbocycles. The van der Waals surface area contributed by atoms with Crippen LogP contribution in [-0.2, 0) is 6.54 Å². The third-order valence-electron chi connectivity index (χ3n) is 5.06. The monoisotopic (exact) mass is 376 g/mol. The van der Waals surface area contributed by atoms with Crippen molar-refractivity contribution in [3.05, 3.63) is 47.8 Å². The van der Waals surface area contributed by atoms with Gasteiger partial charge in [0.15, 0.2) is 5.69 Å². The van der Waals surface area contributed by atoms with Crippen molar-refractivity contribution in [3.63, 3.8) is 0 Å². The Balaban J connectivity index is 0.00000196. The summed E-state index contributed by atoms with van der Waals surface area (Å²) in [6.45, 7) is 6.45. The number of hydrogen-bond donors (Lipinski definition) is 1. The first-order chi connectivity index (χ1) is 12.3. The number of amides is 1. The molecule has 0 radical (unpaired) electrons. The van der Waals surface area contributed by atoms with Gasteiger partial charge in [0, 0.05) is 45.3 Å². The summed E-state index contributed by atoms with van der Waals surface area (Å²) in [4.78, 5) is 17.1. The molecule has 2 aromatic rings. The highest BCUT2D eigenvalue weighted by Gasteiger charge is 2.32. The fourth-order valence-electron chi connectivity index (χ4n) is 3.68. The van der Waals surface area contributed by atoms with E-state index in [0.29, 0.717) is 18.3 Å². The number of halogens is 1. The van der Waals surface area contributed by atoms with Crippen LogP contribution >= 0.6 is 12.4 Å². The van der Waals surface area contributed by atoms with Gasteiger partial charge in [0.2, 0.25) is 0 Å². The molecule has 3 heterocycles. The number of nitrogens with zero attached hydrogens (tertiary/aromatic N) is 5. The highest BCUT2D eigenvalue weighted by molar-refractivity contribution is 5.92. The largest absolute Gasteiger partial charge is 0.336 e. The van der Waals surface area contributed by atoms with E-state index >= 15 is 0 Å². The number of benzene rings is 1. The molecule has 1 atom stereocenters. The third kappa shape index (κ3) is 4.23. The van der Waals surface area contributed by atoms with Gasteiger partial charge in [-0.1, -0.05) is 35.5 Å². The van der Waals surface area contributed by atoms with Crippen LogP contribution in [-0.4, -0.2) is 76.0 Å². The van der Waals surface area contributed by atoms with Gasteiger partial charge in [0.1, 0.15) is 0 Å². The second kappa shape index (κ2) is 8.62. The van der Waals surface area contributed by atoms with Gasteiger partial charge in [-0.25, -0.2) is 4.68 Å². The molecule has 8 heteroatoms. The lowest BCUT2D eigenvalue weighted by atomic mass is 10.2. The number of likely N-dealkylation sites (tertiary alicyclic amines) is 1. The maximum Gasteiger partial charge on any atom is 0.276 e. The molecule has 2 fully saturated rings. The Hall–Kier alpha value is -1.96. The Labute approximate surface area is 159 Å². The topological polar surface area (TPSA) is 66.3 Å². The highest BCUT2D eigenvalue weighted by Crippen LogP contribution is 2.18. The van der Waals surface area contributed by atoms with Crippen LogP contribution in [0.2, 0.25) is 0 Å². The number of nitrogens with one attached hydrogen (secondary N) is 1. The zero-order chi connectivity index (χ0) is 17.1. The van der Waals surface area contributed by atoms with E-state index in [1.165, 1.54) is 0 Å². The molecule has 0 spiro atoms. The Bertz CT molecular complexity index is 715. The first-order valence-electron chi connectivity index (χ1n) is 8.98. The van der Waals surface area contributed by atoms with Crippen LogP contribution in [0.25, 0.3) is 0 Å². The van der Waals surface area contributed by atoms with Crippen LogP contribution in [0, 0.1) is 0 Å². The minimum absolute atomic E-state index is 0. The van der Waals surface area contributed by atoms with Crippen LogP contribution in [0.4, 0.5) is 0 Å². The smallest absolute Gasteiger partial charge is 0.276 e. The molecule has 2 aliphatic rings. The maximum atomic E-state index is 12.7. The summed E-state index contributed by atoms with van der Waals surface area (Å²) in [6, 6.07) is 10.5. The standard InChI is InChI=1S/C18H24N6O.ClH/c25-18(23-9-6-16(13-23)22-10-7-19-8-11-22)17-14-24(21-20-17)12-15-4-2-1-3-5-15;/h1-5,14,16,19H,6-13H2;1H. The number of hydrogen-bond acceptors (Lipinski definition) is 5. The molecule has 2 saturated heterocycles. The van der Waals surface area contributed by atoms with Gasteiger partial charge in [-0.2, -0.15) is 0 Å². The fourth-order valence-corrected chi connectivity index (χ4v) is 3.68. The molecule has 26 heavy (non-hydrogen) atoms. The normalized spacial score (nSPS) is 20.8. The summed E-state index contributed by atoms with van der Waals surface area (Å²) in [7, 11) is 0. The van der Waals surface area contributed by atoms with E-state index in [1.54, 1.807) is 10.9 Å².